The fraction of sp³-hybridized carbons (Fsp3) is 0.182. The molecule has 8 heteroatoms. The van der Waals surface area contributed by atoms with E-state index in [1.165, 1.54) is 6.07 Å². The smallest absolute Gasteiger partial charge is 0.322 e. The third-order valence-electron chi connectivity index (χ3n) is 2.45. The predicted molar refractivity (Wildman–Crippen MR) is 60.1 cm³/mol. The molecule has 2 rings (SSSR count). The summed E-state index contributed by atoms with van der Waals surface area (Å²) >= 11 is 0. The molecule has 0 bridgehead atoms. The Bertz CT molecular complexity index is 562. The first-order chi connectivity index (χ1) is 8.95. The van der Waals surface area contributed by atoms with Crippen molar-refractivity contribution in [2.75, 3.05) is 5.32 Å². The zero-order chi connectivity index (χ0) is 14.0. The van der Waals surface area contributed by atoms with Gasteiger partial charge in [0, 0.05) is 11.8 Å². The van der Waals surface area contributed by atoms with Crippen LogP contribution in [0.5, 0.6) is 0 Å². The summed E-state index contributed by atoms with van der Waals surface area (Å²) < 4.78 is 25.6. The number of nitrogens with one attached hydrogen (secondary N) is 3. The van der Waals surface area contributed by atoms with Gasteiger partial charge in [0.2, 0.25) is 5.91 Å². The molecule has 100 valence electrons. The highest BCUT2D eigenvalue weighted by atomic mass is 19.2. The fourth-order valence-corrected chi connectivity index (χ4v) is 1.57. The Kier molecular flexibility index (Phi) is 3.41. The summed E-state index contributed by atoms with van der Waals surface area (Å²) in [5.41, 5.74) is 0.0635. The second-order valence-electron chi connectivity index (χ2n) is 3.90. The van der Waals surface area contributed by atoms with Crippen LogP contribution in [-0.2, 0) is 9.59 Å². The van der Waals surface area contributed by atoms with Gasteiger partial charge in [-0.1, -0.05) is 0 Å². The normalized spacial score (nSPS) is 17.9. The molecule has 4 amide bonds. The number of halogens is 2. The van der Waals surface area contributed by atoms with Crippen LogP contribution in [0.15, 0.2) is 18.2 Å². The number of rotatable bonds is 3. The Morgan fingerprint density at radius 3 is 2.58 bits per heavy atom. The van der Waals surface area contributed by atoms with Crippen LogP contribution in [-0.4, -0.2) is 23.9 Å². The van der Waals surface area contributed by atoms with Crippen molar-refractivity contribution in [1.82, 2.24) is 10.6 Å². The van der Waals surface area contributed by atoms with Gasteiger partial charge in [0.25, 0.3) is 5.91 Å². The van der Waals surface area contributed by atoms with Crippen molar-refractivity contribution in [2.24, 2.45) is 0 Å². The zero-order valence-electron chi connectivity index (χ0n) is 9.50. The summed E-state index contributed by atoms with van der Waals surface area (Å²) in [6, 6.07) is 1.24. The molecule has 6 nitrogen and oxygen atoms in total. The predicted octanol–water partition coefficient (Wildman–Crippen LogP) is 0.501. The molecule has 1 atom stereocenters. The molecule has 0 saturated carbocycles. The van der Waals surface area contributed by atoms with Crippen molar-refractivity contribution in [1.29, 1.82) is 0 Å². The molecule has 1 aliphatic heterocycles. The van der Waals surface area contributed by atoms with E-state index in [9.17, 15) is 23.2 Å². The van der Waals surface area contributed by atoms with Crippen LogP contribution in [0, 0.1) is 11.6 Å². The number of benzene rings is 1. The first kappa shape index (κ1) is 12.9. The lowest BCUT2D eigenvalue weighted by molar-refractivity contribution is -0.124. The minimum absolute atomic E-state index is 0.0635. The van der Waals surface area contributed by atoms with E-state index in [1.807, 2.05) is 5.32 Å². The van der Waals surface area contributed by atoms with Crippen LogP contribution in [0.2, 0.25) is 0 Å². The first-order valence-corrected chi connectivity index (χ1v) is 5.32. The van der Waals surface area contributed by atoms with Crippen molar-refractivity contribution in [2.45, 2.75) is 12.5 Å². The van der Waals surface area contributed by atoms with E-state index in [2.05, 4.69) is 10.6 Å². The Morgan fingerprint density at radius 1 is 1.26 bits per heavy atom. The van der Waals surface area contributed by atoms with Gasteiger partial charge in [-0.25, -0.2) is 13.6 Å². The van der Waals surface area contributed by atoms with Gasteiger partial charge in [0.15, 0.2) is 11.6 Å². The number of hydrogen-bond acceptors (Lipinski definition) is 3. The lowest BCUT2D eigenvalue weighted by Gasteiger charge is -2.08. The van der Waals surface area contributed by atoms with Gasteiger partial charge in [-0.15, -0.1) is 0 Å². The maximum absolute atomic E-state index is 12.9. The van der Waals surface area contributed by atoms with Crippen molar-refractivity contribution in [3.05, 3.63) is 29.8 Å². The van der Waals surface area contributed by atoms with Crippen LogP contribution in [0.4, 0.5) is 19.3 Å². The summed E-state index contributed by atoms with van der Waals surface area (Å²) in [6.07, 6.45) is -0.295. The highest BCUT2D eigenvalue weighted by Crippen LogP contribution is 2.13. The van der Waals surface area contributed by atoms with Gasteiger partial charge < -0.3 is 10.6 Å². The van der Waals surface area contributed by atoms with Crippen LogP contribution >= 0.6 is 0 Å². The molecule has 1 aromatic carbocycles. The van der Waals surface area contributed by atoms with Crippen LogP contribution in [0.25, 0.3) is 0 Å². The van der Waals surface area contributed by atoms with Gasteiger partial charge in [-0.2, -0.15) is 0 Å². The summed E-state index contributed by atoms with van der Waals surface area (Å²) in [5, 5.41) is 6.52. The summed E-state index contributed by atoms with van der Waals surface area (Å²) in [4.78, 5) is 33.6. The molecule has 1 aliphatic rings. The van der Waals surface area contributed by atoms with E-state index in [0.717, 1.165) is 12.1 Å². The van der Waals surface area contributed by atoms with E-state index >= 15 is 0 Å². The average Bonchev–Trinajstić information content (AvgIpc) is 2.62. The number of carbonyl (C=O) groups is 3. The fourth-order valence-electron chi connectivity index (χ4n) is 1.57. The number of carbonyl (C=O) groups excluding carboxylic acids is 3. The quantitative estimate of drug-likeness (QED) is 0.698. The second kappa shape index (κ2) is 5.01. The molecular weight excluding hydrogens is 260 g/mol. The molecule has 1 saturated heterocycles. The monoisotopic (exact) mass is 269 g/mol. The highest BCUT2D eigenvalue weighted by Gasteiger charge is 2.31. The molecule has 1 unspecified atom stereocenters. The first-order valence-electron chi connectivity index (χ1n) is 5.32. The standard InChI is InChI=1S/C11H9F2N3O3/c12-6-2-1-5(3-7(6)13)14-9(17)4-8-10(18)16-11(19)15-8/h1-3,8H,4H2,(H,14,17)(H2,15,16,18,19). The number of imide groups is 1. The Hall–Kier alpha value is -2.51. The summed E-state index contributed by atoms with van der Waals surface area (Å²) in [5.74, 6) is -3.33. The molecule has 0 aromatic heterocycles. The van der Waals surface area contributed by atoms with E-state index in [4.69, 9.17) is 0 Å². The SMILES string of the molecule is O=C(CC1NC(=O)NC1=O)Nc1ccc(F)c(F)c1. The molecule has 0 radical (unpaired) electrons. The van der Waals surface area contributed by atoms with Crippen molar-refractivity contribution >= 4 is 23.5 Å². The number of anilines is 1. The molecule has 1 fully saturated rings. The van der Waals surface area contributed by atoms with E-state index in [-0.39, 0.29) is 12.1 Å². The highest BCUT2D eigenvalue weighted by molar-refractivity contribution is 6.06. The molecule has 19 heavy (non-hydrogen) atoms. The molecule has 3 N–H and O–H groups in total. The van der Waals surface area contributed by atoms with E-state index in [1.54, 1.807) is 0 Å². The van der Waals surface area contributed by atoms with Gasteiger partial charge in [-0.05, 0) is 12.1 Å². The van der Waals surface area contributed by atoms with Crippen molar-refractivity contribution < 1.29 is 23.2 Å². The molecule has 0 aliphatic carbocycles. The van der Waals surface area contributed by atoms with E-state index < -0.39 is 35.5 Å². The van der Waals surface area contributed by atoms with Crippen molar-refractivity contribution in [3.63, 3.8) is 0 Å². The molecule has 1 aromatic rings. The maximum atomic E-state index is 12.9. The van der Waals surface area contributed by atoms with Gasteiger partial charge >= 0.3 is 6.03 Å². The topological polar surface area (TPSA) is 87.3 Å². The van der Waals surface area contributed by atoms with Gasteiger partial charge in [-0.3, -0.25) is 14.9 Å². The third-order valence-corrected chi connectivity index (χ3v) is 2.45. The maximum Gasteiger partial charge on any atom is 0.322 e. The van der Waals surface area contributed by atoms with Crippen LogP contribution in [0.1, 0.15) is 6.42 Å². The van der Waals surface area contributed by atoms with E-state index in [0.29, 0.717) is 0 Å². The zero-order valence-corrected chi connectivity index (χ0v) is 9.50. The molecule has 1 heterocycles. The Labute approximate surface area is 106 Å². The van der Waals surface area contributed by atoms with Crippen molar-refractivity contribution in [3.8, 4) is 0 Å². The number of hydrogen-bond donors (Lipinski definition) is 3. The second-order valence-corrected chi connectivity index (χ2v) is 3.90. The summed E-state index contributed by atoms with van der Waals surface area (Å²) in [7, 11) is 0. The molecular formula is C11H9F2N3O3. The van der Waals surface area contributed by atoms with Gasteiger partial charge in [0.1, 0.15) is 6.04 Å². The van der Waals surface area contributed by atoms with Gasteiger partial charge in [0.05, 0.1) is 6.42 Å². The molecule has 0 spiro atoms. The third kappa shape index (κ3) is 3.03. The summed E-state index contributed by atoms with van der Waals surface area (Å²) in [6.45, 7) is 0. The van der Waals surface area contributed by atoms with Crippen LogP contribution in [0.3, 0.4) is 0 Å². The largest absolute Gasteiger partial charge is 0.326 e. The minimum Gasteiger partial charge on any atom is -0.326 e. The average molecular weight is 269 g/mol. The Morgan fingerprint density at radius 2 is 2.00 bits per heavy atom. The Balaban J connectivity index is 1.96. The number of urea groups is 1. The lowest BCUT2D eigenvalue weighted by Crippen LogP contribution is -2.33. The number of amides is 4. The minimum atomic E-state index is -1.09. The van der Waals surface area contributed by atoms with Crippen LogP contribution < -0.4 is 16.0 Å². The lowest BCUT2D eigenvalue weighted by atomic mass is 10.2.